The van der Waals surface area contributed by atoms with E-state index >= 15 is 0 Å². The number of aryl methyl sites for hydroxylation is 1. The van der Waals surface area contributed by atoms with Crippen molar-refractivity contribution >= 4 is 28.9 Å². The van der Waals surface area contributed by atoms with Crippen molar-refractivity contribution in [3.05, 3.63) is 69.7 Å². The molecule has 29 heavy (non-hydrogen) atoms. The van der Waals surface area contributed by atoms with Gasteiger partial charge in [-0.05, 0) is 50.4 Å². The minimum absolute atomic E-state index is 0.367. The normalized spacial score (nSPS) is 10.6. The molecule has 0 saturated heterocycles. The second kappa shape index (κ2) is 9.43. The van der Waals surface area contributed by atoms with Crippen molar-refractivity contribution in [3.8, 4) is 5.75 Å². The molecule has 0 aliphatic rings. The first-order valence-electron chi connectivity index (χ1n) is 9.37. The zero-order chi connectivity index (χ0) is 20.8. The van der Waals surface area contributed by atoms with Crippen LogP contribution in [-0.4, -0.2) is 29.7 Å². The van der Waals surface area contributed by atoms with Gasteiger partial charge < -0.3 is 19.4 Å². The minimum Gasteiger partial charge on any atom is -0.492 e. The van der Waals surface area contributed by atoms with E-state index in [9.17, 15) is 9.59 Å². The second-order valence-corrected chi connectivity index (χ2v) is 7.54. The lowest BCUT2D eigenvalue weighted by molar-refractivity contribution is -0.119. The zero-order valence-corrected chi connectivity index (χ0v) is 17.5. The van der Waals surface area contributed by atoms with Crippen molar-refractivity contribution in [2.45, 2.75) is 27.3 Å². The van der Waals surface area contributed by atoms with Gasteiger partial charge in [0, 0.05) is 16.3 Å². The molecule has 7 heteroatoms. The van der Waals surface area contributed by atoms with Gasteiger partial charge in [0.1, 0.15) is 5.75 Å². The largest absolute Gasteiger partial charge is 0.492 e. The van der Waals surface area contributed by atoms with E-state index in [1.54, 1.807) is 35.6 Å². The van der Waals surface area contributed by atoms with E-state index in [-0.39, 0.29) is 6.61 Å². The first-order valence-corrected chi connectivity index (χ1v) is 10.3. The molecule has 3 rings (SSSR count). The number of aromatic nitrogens is 1. The Morgan fingerprint density at radius 2 is 1.93 bits per heavy atom. The maximum atomic E-state index is 12.5. The maximum absolute atomic E-state index is 12.5. The van der Waals surface area contributed by atoms with E-state index in [1.165, 1.54) is 4.88 Å². The van der Waals surface area contributed by atoms with Crippen LogP contribution in [0.5, 0.6) is 5.75 Å². The van der Waals surface area contributed by atoms with E-state index in [0.717, 1.165) is 11.4 Å². The number of benzene rings is 1. The standard InChI is InChI=1S/C22H24N2O4S/c1-4-27-20-10-6-5-9-19(20)23-21(25)14-28-22(26)18-12-15(2)24(16(18)3)13-17-8-7-11-29-17/h5-12H,4,13-14H2,1-3H3,(H,23,25). The fraction of sp³-hybridized carbons (Fsp3) is 0.273. The number of nitrogens with one attached hydrogen (secondary N) is 1. The Kier molecular flexibility index (Phi) is 6.72. The van der Waals surface area contributed by atoms with Crippen molar-refractivity contribution in [2.75, 3.05) is 18.5 Å². The molecule has 0 aliphatic heterocycles. The number of carbonyl (C=O) groups excluding carboxylic acids is 2. The predicted molar refractivity (Wildman–Crippen MR) is 114 cm³/mol. The number of nitrogens with zero attached hydrogens (tertiary/aromatic N) is 1. The summed E-state index contributed by atoms with van der Waals surface area (Å²) in [6.45, 7) is 6.54. The number of amides is 1. The Hall–Kier alpha value is -3.06. The molecule has 0 bridgehead atoms. The Morgan fingerprint density at radius 1 is 1.14 bits per heavy atom. The Morgan fingerprint density at radius 3 is 2.66 bits per heavy atom. The molecular formula is C22H24N2O4S. The van der Waals surface area contributed by atoms with Gasteiger partial charge in [-0.1, -0.05) is 18.2 Å². The second-order valence-electron chi connectivity index (χ2n) is 6.50. The maximum Gasteiger partial charge on any atom is 0.340 e. The fourth-order valence-electron chi connectivity index (χ4n) is 3.06. The lowest BCUT2D eigenvalue weighted by Gasteiger charge is -2.11. The number of anilines is 1. The first-order chi connectivity index (χ1) is 14.0. The predicted octanol–water partition coefficient (Wildman–Crippen LogP) is 4.41. The summed E-state index contributed by atoms with van der Waals surface area (Å²) in [7, 11) is 0. The minimum atomic E-state index is -0.510. The van der Waals surface area contributed by atoms with Crippen LogP contribution in [0.25, 0.3) is 0 Å². The Bertz CT molecular complexity index is 992. The van der Waals surface area contributed by atoms with Crippen molar-refractivity contribution in [1.82, 2.24) is 4.57 Å². The molecule has 0 spiro atoms. The van der Waals surface area contributed by atoms with E-state index < -0.39 is 11.9 Å². The molecule has 0 fully saturated rings. The molecule has 1 N–H and O–H groups in total. The molecule has 2 aromatic heterocycles. The molecule has 0 aliphatic carbocycles. The number of hydrogen-bond donors (Lipinski definition) is 1. The number of para-hydroxylation sites is 2. The molecular weight excluding hydrogens is 388 g/mol. The van der Waals surface area contributed by atoms with Crippen LogP contribution in [0.1, 0.15) is 33.5 Å². The monoisotopic (exact) mass is 412 g/mol. The SMILES string of the molecule is CCOc1ccccc1NC(=O)COC(=O)c1cc(C)n(Cc2cccs2)c1C. The average Bonchev–Trinajstić information content (AvgIpc) is 3.32. The van der Waals surface area contributed by atoms with Crippen molar-refractivity contribution in [3.63, 3.8) is 0 Å². The van der Waals surface area contributed by atoms with Gasteiger partial charge in [-0.15, -0.1) is 11.3 Å². The van der Waals surface area contributed by atoms with Crippen LogP contribution in [0.2, 0.25) is 0 Å². The molecule has 0 radical (unpaired) electrons. The third-order valence-electron chi connectivity index (χ3n) is 4.48. The topological polar surface area (TPSA) is 69.6 Å². The van der Waals surface area contributed by atoms with Crippen LogP contribution in [-0.2, 0) is 16.1 Å². The van der Waals surface area contributed by atoms with Crippen LogP contribution in [0, 0.1) is 13.8 Å². The molecule has 1 amide bonds. The molecule has 0 unspecified atom stereocenters. The van der Waals surface area contributed by atoms with Gasteiger partial charge >= 0.3 is 5.97 Å². The van der Waals surface area contributed by atoms with E-state index in [0.29, 0.717) is 30.2 Å². The number of esters is 1. The summed E-state index contributed by atoms with van der Waals surface area (Å²) in [5.41, 5.74) is 2.81. The van der Waals surface area contributed by atoms with Crippen molar-refractivity contribution < 1.29 is 19.1 Å². The van der Waals surface area contributed by atoms with Gasteiger partial charge in [0.05, 0.1) is 24.4 Å². The molecule has 0 atom stereocenters. The quantitative estimate of drug-likeness (QED) is 0.557. The van der Waals surface area contributed by atoms with Crippen molar-refractivity contribution in [2.24, 2.45) is 0 Å². The smallest absolute Gasteiger partial charge is 0.340 e. The van der Waals surface area contributed by atoms with Crippen LogP contribution < -0.4 is 10.1 Å². The van der Waals surface area contributed by atoms with Gasteiger partial charge in [0.2, 0.25) is 0 Å². The highest BCUT2D eigenvalue weighted by Crippen LogP contribution is 2.24. The molecule has 6 nitrogen and oxygen atoms in total. The van der Waals surface area contributed by atoms with Crippen LogP contribution >= 0.6 is 11.3 Å². The summed E-state index contributed by atoms with van der Waals surface area (Å²) in [6.07, 6.45) is 0. The highest BCUT2D eigenvalue weighted by atomic mass is 32.1. The van der Waals surface area contributed by atoms with Crippen LogP contribution in [0.15, 0.2) is 47.8 Å². The van der Waals surface area contributed by atoms with Gasteiger partial charge in [0.25, 0.3) is 5.91 Å². The summed E-state index contributed by atoms with van der Waals surface area (Å²) in [4.78, 5) is 26.0. The van der Waals surface area contributed by atoms with Crippen LogP contribution in [0.3, 0.4) is 0 Å². The van der Waals surface area contributed by atoms with Crippen molar-refractivity contribution in [1.29, 1.82) is 0 Å². The summed E-state index contributed by atoms with van der Waals surface area (Å²) < 4.78 is 12.8. The number of ether oxygens (including phenoxy) is 2. The molecule has 0 saturated carbocycles. The third kappa shape index (κ3) is 5.06. The highest BCUT2D eigenvalue weighted by Gasteiger charge is 2.19. The molecule has 2 heterocycles. The molecule has 1 aromatic carbocycles. The molecule has 3 aromatic rings. The van der Waals surface area contributed by atoms with Gasteiger partial charge in [0.15, 0.2) is 6.61 Å². The lowest BCUT2D eigenvalue weighted by atomic mass is 10.2. The summed E-state index contributed by atoms with van der Waals surface area (Å²) in [5, 5.41) is 4.75. The fourth-order valence-corrected chi connectivity index (χ4v) is 3.75. The first kappa shape index (κ1) is 20.7. The van der Waals surface area contributed by atoms with E-state index in [2.05, 4.69) is 16.0 Å². The number of thiophene rings is 1. The Balaban J connectivity index is 1.62. The van der Waals surface area contributed by atoms with Gasteiger partial charge in [-0.3, -0.25) is 4.79 Å². The molecule has 152 valence electrons. The Labute approximate surface area is 174 Å². The number of hydrogen-bond acceptors (Lipinski definition) is 5. The average molecular weight is 413 g/mol. The van der Waals surface area contributed by atoms with E-state index in [4.69, 9.17) is 9.47 Å². The summed E-state index contributed by atoms with van der Waals surface area (Å²) in [5.74, 6) is -0.353. The summed E-state index contributed by atoms with van der Waals surface area (Å²) in [6, 6.07) is 13.0. The van der Waals surface area contributed by atoms with Gasteiger partial charge in [-0.2, -0.15) is 0 Å². The van der Waals surface area contributed by atoms with Crippen LogP contribution in [0.4, 0.5) is 5.69 Å². The summed E-state index contributed by atoms with van der Waals surface area (Å²) >= 11 is 1.67. The van der Waals surface area contributed by atoms with Gasteiger partial charge in [-0.25, -0.2) is 4.79 Å². The highest BCUT2D eigenvalue weighted by molar-refractivity contribution is 7.09. The lowest BCUT2D eigenvalue weighted by Crippen LogP contribution is -2.21. The zero-order valence-electron chi connectivity index (χ0n) is 16.7. The third-order valence-corrected chi connectivity index (χ3v) is 5.34. The number of rotatable bonds is 8. The van der Waals surface area contributed by atoms with E-state index in [1.807, 2.05) is 38.3 Å². The number of carbonyl (C=O) groups is 2.